The predicted octanol–water partition coefficient (Wildman–Crippen LogP) is 1.36. The summed E-state index contributed by atoms with van der Waals surface area (Å²) in [6.07, 6.45) is 0. The van der Waals surface area contributed by atoms with Gasteiger partial charge in [-0.15, -0.1) is 0 Å². The van der Waals surface area contributed by atoms with Crippen LogP contribution < -0.4 is 0 Å². The Labute approximate surface area is 88.1 Å². The Morgan fingerprint density at radius 1 is 1.57 bits per heavy atom. The number of rotatable bonds is 2. The zero-order valence-electron chi connectivity index (χ0n) is 7.15. The third-order valence-corrected chi connectivity index (χ3v) is 2.49. The number of carbonyl (C=O) groups is 1. The fourth-order valence-electron chi connectivity index (χ4n) is 0.875. The lowest BCUT2D eigenvalue weighted by atomic mass is 10.2. The van der Waals surface area contributed by atoms with Crippen LogP contribution in [0.5, 0.6) is 0 Å². The number of esters is 1. The molecule has 1 unspecified atom stereocenters. The predicted molar refractivity (Wildman–Crippen MR) is 50.0 cm³/mol. The molecule has 0 spiro atoms. The van der Waals surface area contributed by atoms with E-state index in [4.69, 9.17) is 11.6 Å². The largest absolute Gasteiger partial charge is 0.768 e. The Morgan fingerprint density at radius 3 is 2.64 bits per heavy atom. The number of hydrogen-bond donors (Lipinski definition) is 0. The van der Waals surface area contributed by atoms with Crippen LogP contribution in [0.25, 0.3) is 0 Å². The van der Waals surface area contributed by atoms with Crippen molar-refractivity contribution < 1.29 is 18.3 Å². The molecule has 1 aromatic carbocycles. The normalized spacial score (nSPS) is 12.2. The van der Waals surface area contributed by atoms with Crippen LogP contribution >= 0.6 is 11.6 Å². The molecule has 0 N–H and O–H groups in total. The smallest absolute Gasteiger partial charge is 0.339 e. The minimum atomic E-state index is -2.35. The summed E-state index contributed by atoms with van der Waals surface area (Å²) in [4.78, 5) is 11.1. The van der Waals surface area contributed by atoms with Gasteiger partial charge in [0, 0.05) is 4.90 Å². The van der Waals surface area contributed by atoms with Crippen molar-refractivity contribution in [2.45, 2.75) is 4.90 Å². The van der Waals surface area contributed by atoms with Crippen molar-refractivity contribution in [1.29, 1.82) is 0 Å². The van der Waals surface area contributed by atoms with Gasteiger partial charge < -0.3 is 9.29 Å². The first-order valence-electron chi connectivity index (χ1n) is 3.53. The average molecular weight is 234 g/mol. The number of benzene rings is 1. The SMILES string of the molecule is COC(=O)c1ccc(S(=O)[O-])cc1Cl. The van der Waals surface area contributed by atoms with Crippen LogP contribution in [0.3, 0.4) is 0 Å². The average Bonchev–Trinajstić information content (AvgIpc) is 2.16. The van der Waals surface area contributed by atoms with Gasteiger partial charge in [-0.1, -0.05) is 11.6 Å². The summed E-state index contributed by atoms with van der Waals surface area (Å²) in [6.45, 7) is 0. The van der Waals surface area contributed by atoms with Gasteiger partial charge in [-0.2, -0.15) is 0 Å². The molecule has 0 radical (unpaired) electrons. The van der Waals surface area contributed by atoms with Crippen LogP contribution in [0.4, 0.5) is 0 Å². The van der Waals surface area contributed by atoms with E-state index in [2.05, 4.69) is 4.74 Å². The second kappa shape index (κ2) is 4.54. The molecule has 0 fully saturated rings. The minimum absolute atomic E-state index is 0.0302. The van der Waals surface area contributed by atoms with Crippen molar-refractivity contribution in [3.05, 3.63) is 28.8 Å². The van der Waals surface area contributed by atoms with Gasteiger partial charge in [0.1, 0.15) is 0 Å². The molecule has 0 bridgehead atoms. The second-order valence-electron chi connectivity index (χ2n) is 2.37. The quantitative estimate of drug-likeness (QED) is 0.572. The Hall–Kier alpha value is -0.910. The molecule has 0 aliphatic heterocycles. The highest BCUT2D eigenvalue weighted by Crippen LogP contribution is 2.20. The highest BCUT2D eigenvalue weighted by molar-refractivity contribution is 7.79. The molecular formula is C8H6ClO4S-. The Balaban J connectivity index is 3.14. The summed E-state index contributed by atoms with van der Waals surface area (Å²) in [5.41, 5.74) is 0.142. The van der Waals surface area contributed by atoms with Crippen LogP contribution in [0, 0.1) is 0 Å². The van der Waals surface area contributed by atoms with Crippen molar-refractivity contribution in [3.8, 4) is 0 Å². The van der Waals surface area contributed by atoms with E-state index in [-0.39, 0.29) is 15.5 Å². The number of hydrogen-bond acceptors (Lipinski definition) is 4. The summed E-state index contributed by atoms with van der Waals surface area (Å²) >= 11 is 3.32. The maximum atomic E-state index is 11.1. The summed E-state index contributed by atoms with van der Waals surface area (Å²) < 4.78 is 25.5. The first kappa shape index (κ1) is 11.2. The second-order valence-corrected chi connectivity index (χ2v) is 3.72. The zero-order valence-corrected chi connectivity index (χ0v) is 8.72. The van der Waals surface area contributed by atoms with E-state index in [9.17, 15) is 13.6 Å². The van der Waals surface area contributed by atoms with E-state index in [1.165, 1.54) is 25.3 Å². The molecule has 0 heterocycles. The van der Waals surface area contributed by atoms with Gasteiger partial charge in [0.2, 0.25) is 0 Å². The van der Waals surface area contributed by atoms with Crippen molar-refractivity contribution >= 4 is 28.7 Å². The molecule has 6 heteroatoms. The number of ether oxygens (including phenoxy) is 1. The highest BCUT2D eigenvalue weighted by Gasteiger charge is 2.10. The summed E-state index contributed by atoms with van der Waals surface area (Å²) in [5.74, 6) is -0.599. The highest BCUT2D eigenvalue weighted by atomic mass is 35.5. The van der Waals surface area contributed by atoms with Crippen LogP contribution in [-0.2, 0) is 15.8 Å². The van der Waals surface area contributed by atoms with E-state index in [1.807, 2.05) is 0 Å². The molecule has 0 saturated carbocycles. The molecule has 0 aromatic heterocycles. The van der Waals surface area contributed by atoms with Crippen LogP contribution in [-0.4, -0.2) is 21.8 Å². The maximum Gasteiger partial charge on any atom is 0.339 e. The molecule has 1 atom stereocenters. The third-order valence-electron chi connectivity index (χ3n) is 1.54. The van der Waals surface area contributed by atoms with E-state index in [0.29, 0.717) is 0 Å². The molecule has 0 aliphatic rings. The Bertz CT molecular complexity index is 391. The topological polar surface area (TPSA) is 66.4 Å². The molecule has 0 aliphatic carbocycles. The molecule has 1 aromatic rings. The van der Waals surface area contributed by atoms with Gasteiger partial charge >= 0.3 is 5.97 Å². The van der Waals surface area contributed by atoms with Crippen LogP contribution in [0.1, 0.15) is 10.4 Å². The van der Waals surface area contributed by atoms with Gasteiger partial charge in [-0.3, -0.25) is 4.21 Å². The van der Waals surface area contributed by atoms with Gasteiger partial charge in [-0.25, -0.2) is 4.79 Å². The van der Waals surface area contributed by atoms with Gasteiger partial charge in [0.15, 0.2) is 0 Å². The lowest BCUT2D eigenvalue weighted by molar-refractivity contribution is 0.0601. The first-order chi connectivity index (χ1) is 6.56. The maximum absolute atomic E-state index is 11.1. The minimum Gasteiger partial charge on any atom is -0.768 e. The monoisotopic (exact) mass is 233 g/mol. The van der Waals surface area contributed by atoms with Crippen LogP contribution in [0.15, 0.2) is 23.1 Å². The van der Waals surface area contributed by atoms with E-state index in [1.54, 1.807) is 0 Å². The zero-order chi connectivity index (χ0) is 10.7. The lowest BCUT2D eigenvalue weighted by Crippen LogP contribution is -2.02. The van der Waals surface area contributed by atoms with Crippen molar-refractivity contribution in [1.82, 2.24) is 0 Å². The molecule has 0 amide bonds. The van der Waals surface area contributed by atoms with E-state index in [0.717, 1.165) is 0 Å². The van der Waals surface area contributed by atoms with Crippen molar-refractivity contribution in [2.24, 2.45) is 0 Å². The fraction of sp³-hybridized carbons (Fsp3) is 0.125. The lowest BCUT2D eigenvalue weighted by Gasteiger charge is -2.07. The Morgan fingerprint density at radius 2 is 2.21 bits per heavy atom. The molecular weight excluding hydrogens is 228 g/mol. The number of methoxy groups -OCH3 is 1. The van der Waals surface area contributed by atoms with Crippen LogP contribution in [0.2, 0.25) is 5.02 Å². The van der Waals surface area contributed by atoms with Gasteiger partial charge in [-0.05, 0) is 29.3 Å². The summed E-state index contributed by atoms with van der Waals surface area (Å²) in [5, 5.41) is 0.0542. The van der Waals surface area contributed by atoms with E-state index >= 15 is 0 Å². The molecule has 0 saturated heterocycles. The van der Waals surface area contributed by atoms with E-state index < -0.39 is 17.0 Å². The molecule has 76 valence electrons. The Kier molecular flexibility index (Phi) is 3.62. The molecule has 4 nitrogen and oxygen atoms in total. The molecule has 14 heavy (non-hydrogen) atoms. The van der Waals surface area contributed by atoms with Gasteiger partial charge in [0.05, 0.1) is 17.7 Å². The van der Waals surface area contributed by atoms with Crippen molar-refractivity contribution in [3.63, 3.8) is 0 Å². The van der Waals surface area contributed by atoms with Gasteiger partial charge in [0.25, 0.3) is 0 Å². The summed E-state index contributed by atoms with van der Waals surface area (Å²) in [6, 6.07) is 3.78. The fourth-order valence-corrected chi connectivity index (χ4v) is 1.59. The molecule has 1 rings (SSSR count). The summed E-state index contributed by atoms with van der Waals surface area (Å²) in [7, 11) is 1.22. The number of halogens is 1. The third kappa shape index (κ3) is 2.31. The standard InChI is InChI=1S/C8H7ClO4S/c1-13-8(10)6-3-2-5(14(11)12)4-7(6)9/h2-4H,1H3,(H,11,12)/p-1. The van der Waals surface area contributed by atoms with Crippen molar-refractivity contribution in [2.75, 3.05) is 7.11 Å². The first-order valence-corrected chi connectivity index (χ1v) is 4.98. The number of carbonyl (C=O) groups excluding carboxylic acids is 1.